The molecule has 3 aromatic carbocycles. The first-order valence-electron chi connectivity index (χ1n) is 13.8. The van der Waals surface area contributed by atoms with Gasteiger partial charge in [0.1, 0.15) is 6.04 Å². The Balaban J connectivity index is 1.91. The van der Waals surface area contributed by atoms with Crippen molar-refractivity contribution in [3.05, 3.63) is 94.0 Å². The van der Waals surface area contributed by atoms with Crippen LogP contribution in [0.4, 0.5) is 0 Å². The molecule has 0 fully saturated rings. The zero-order valence-electron chi connectivity index (χ0n) is 24.1. The monoisotopic (exact) mass is 515 g/mol. The van der Waals surface area contributed by atoms with E-state index in [4.69, 9.17) is 5.73 Å². The summed E-state index contributed by atoms with van der Waals surface area (Å²) in [6, 6.07) is 20.1. The Kier molecular flexibility index (Phi) is 9.22. The molecule has 0 bridgehead atoms. The summed E-state index contributed by atoms with van der Waals surface area (Å²) in [7, 11) is 0. The lowest BCUT2D eigenvalue weighted by Gasteiger charge is -2.34. The number of hydrogen-bond acceptors (Lipinski definition) is 3. The molecule has 3 aromatic rings. The van der Waals surface area contributed by atoms with Crippen LogP contribution in [-0.2, 0) is 16.6 Å². The fraction of sp³-hybridized carbons (Fsp3) is 0.441. The second-order valence-electron chi connectivity index (χ2n) is 11.8. The third-order valence-electron chi connectivity index (χ3n) is 8.41. The summed E-state index contributed by atoms with van der Waals surface area (Å²) in [5.41, 5.74) is 14.8. The minimum atomic E-state index is -1.03. The molecule has 38 heavy (non-hydrogen) atoms. The fourth-order valence-corrected chi connectivity index (χ4v) is 5.53. The average molecular weight is 516 g/mol. The van der Waals surface area contributed by atoms with Crippen LogP contribution in [0.5, 0.6) is 0 Å². The lowest BCUT2D eigenvalue weighted by molar-refractivity contribution is -0.138. The normalized spacial score (nSPS) is 13.8. The number of nitrogens with two attached hydrogens (primary N) is 1. The highest BCUT2D eigenvalue weighted by Crippen LogP contribution is 2.41. The van der Waals surface area contributed by atoms with Crippen LogP contribution in [0.15, 0.2) is 60.7 Å². The highest BCUT2D eigenvalue weighted by Gasteiger charge is 2.31. The molecule has 0 saturated carbocycles. The molecule has 0 aromatic heterocycles. The van der Waals surface area contributed by atoms with Crippen LogP contribution in [-0.4, -0.2) is 22.3 Å². The van der Waals surface area contributed by atoms with Gasteiger partial charge in [-0.2, -0.15) is 0 Å². The van der Waals surface area contributed by atoms with Crippen LogP contribution >= 0.6 is 0 Å². The molecule has 0 aliphatic heterocycles. The van der Waals surface area contributed by atoms with Crippen LogP contribution < -0.4 is 5.73 Å². The minimum absolute atomic E-state index is 0.0877. The molecule has 0 heterocycles. The molecule has 4 N–H and O–H groups in total. The van der Waals surface area contributed by atoms with Gasteiger partial charge in [0, 0.05) is 5.41 Å². The molecule has 2 atom stereocenters. The molecular formula is C34H45NO3. The molecule has 204 valence electrons. The first-order chi connectivity index (χ1) is 17.8. The minimum Gasteiger partial charge on any atom is -0.480 e. The van der Waals surface area contributed by atoms with Gasteiger partial charge in [-0.25, -0.2) is 0 Å². The van der Waals surface area contributed by atoms with Gasteiger partial charge in [0.2, 0.25) is 0 Å². The number of carbonyl (C=O) groups is 1. The predicted octanol–water partition coefficient (Wildman–Crippen LogP) is 7.50. The van der Waals surface area contributed by atoms with E-state index in [1.165, 1.54) is 27.8 Å². The first-order valence-corrected chi connectivity index (χ1v) is 13.8. The molecule has 4 heteroatoms. The Bertz CT molecular complexity index is 1250. The number of aliphatic hydroxyl groups is 1. The largest absolute Gasteiger partial charge is 0.480 e. The molecule has 0 aliphatic carbocycles. The molecule has 0 saturated heterocycles. The van der Waals surface area contributed by atoms with E-state index in [1.54, 1.807) is 12.1 Å². The van der Waals surface area contributed by atoms with Crippen molar-refractivity contribution in [3.63, 3.8) is 0 Å². The second kappa shape index (κ2) is 11.8. The molecule has 0 amide bonds. The van der Waals surface area contributed by atoms with Crippen molar-refractivity contribution >= 4 is 5.97 Å². The van der Waals surface area contributed by atoms with E-state index < -0.39 is 12.0 Å². The standard InChI is InChI=1S/C34H45NO3/c1-8-34(9-2,27-16-14-24(22(3)20-27)15-19-30(36)33(5,6)7)28-17-18-29(23(4)21-28)25-10-12-26(13-11-25)31(35)32(37)38/h10-14,16-18,20-21,30-31,36H,8-9,15,19,35H2,1-7H3,(H,37,38)/t30-,31?/m1/s1. The SMILES string of the molecule is CCC(CC)(c1ccc(CC[C@@H](O)C(C)(C)C)c(C)c1)c1ccc(-c2ccc(C(N)C(=O)O)cc2)c(C)c1. The molecule has 3 rings (SSSR count). The van der Waals surface area contributed by atoms with E-state index in [0.717, 1.165) is 36.8 Å². The van der Waals surface area contributed by atoms with Crippen molar-refractivity contribution in [2.24, 2.45) is 11.1 Å². The topological polar surface area (TPSA) is 83.5 Å². The van der Waals surface area contributed by atoms with Gasteiger partial charge in [-0.15, -0.1) is 0 Å². The number of aliphatic carboxylic acids is 1. The van der Waals surface area contributed by atoms with Crippen molar-refractivity contribution in [2.75, 3.05) is 0 Å². The van der Waals surface area contributed by atoms with Crippen molar-refractivity contribution in [1.29, 1.82) is 0 Å². The highest BCUT2D eigenvalue weighted by molar-refractivity contribution is 5.76. The summed E-state index contributed by atoms with van der Waals surface area (Å²) in [5.74, 6) is -1.03. The summed E-state index contributed by atoms with van der Waals surface area (Å²) in [6.45, 7) is 15.1. The predicted molar refractivity (Wildman–Crippen MR) is 158 cm³/mol. The van der Waals surface area contributed by atoms with Gasteiger partial charge < -0.3 is 15.9 Å². The van der Waals surface area contributed by atoms with Gasteiger partial charge in [0.15, 0.2) is 0 Å². The smallest absolute Gasteiger partial charge is 0.325 e. The zero-order valence-corrected chi connectivity index (χ0v) is 24.1. The van der Waals surface area contributed by atoms with Crippen molar-refractivity contribution in [2.45, 2.75) is 91.7 Å². The van der Waals surface area contributed by atoms with Crippen LogP contribution in [0.2, 0.25) is 0 Å². The Labute approximate surface area is 228 Å². The van der Waals surface area contributed by atoms with E-state index in [9.17, 15) is 15.0 Å². The van der Waals surface area contributed by atoms with Crippen molar-refractivity contribution < 1.29 is 15.0 Å². The Morgan fingerprint density at radius 2 is 1.42 bits per heavy atom. The molecule has 0 radical (unpaired) electrons. The summed E-state index contributed by atoms with van der Waals surface area (Å²) < 4.78 is 0. The van der Waals surface area contributed by atoms with Gasteiger partial charge in [-0.3, -0.25) is 4.79 Å². The van der Waals surface area contributed by atoms with Gasteiger partial charge >= 0.3 is 5.97 Å². The maximum absolute atomic E-state index is 11.2. The number of carboxylic acids is 1. The van der Waals surface area contributed by atoms with E-state index in [2.05, 4.69) is 84.9 Å². The Morgan fingerprint density at radius 3 is 1.89 bits per heavy atom. The first kappa shape index (κ1) is 29.6. The van der Waals surface area contributed by atoms with E-state index in [0.29, 0.717) is 5.56 Å². The lowest BCUT2D eigenvalue weighted by atomic mass is 9.69. The van der Waals surface area contributed by atoms with Gasteiger partial charge in [0.25, 0.3) is 0 Å². The molecule has 1 unspecified atom stereocenters. The molecule has 4 nitrogen and oxygen atoms in total. The number of hydrogen-bond donors (Lipinski definition) is 3. The number of benzene rings is 3. The van der Waals surface area contributed by atoms with Crippen LogP contribution in [0.25, 0.3) is 11.1 Å². The maximum atomic E-state index is 11.2. The number of aryl methyl sites for hydroxylation is 3. The van der Waals surface area contributed by atoms with Crippen molar-refractivity contribution in [3.8, 4) is 11.1 Å². The fourth-order valence-electron chi connectivity index (χ4n) is 5.53. The summed E-state index contributed by atoms with van der Waals surface area (Å²) in [5, 5.41) is 19.7. The van der Waals surface area contributed by atoms with Crippen LogP contribution in [0, 0.1) is 19.3 Å². The quantitative estimate of drug-likeness (QED) is 0.261. The van der Waals surface area contributed by atoms with Crippen molar-refractivity contribution in [1.82, 2.24) is 0 Å². The van der Waals surface area contributed by atoms with Gasteiger partial charge in [-0.05, 0) is 89.5 Å². The third-order valence-corrected chi connectivity index (χ3v) is 8.41. The summed E-state index contributed by atoms with van der Waals surface area (Å²) in [4.78, 5) is 11.2. The zero-order chi connectivity index (χ0) is 28.3. The number of carboxylic acid groups (broad SMARTS) is 1. The van der Waals surface area contributed by atoms with Crippen LogP contribution in [0.1, 0.15) is 93.3 Å². The average Bonchev–Trinajstić information content (AvgIpc) is 2.88. The van der Waals surface area contributed by atoms with Crippen LogP contribution in [0.3, 0.4) is 0 Å². The van der Waals surface area contributed by atoms with Gasteiger partial charge in [0.05, 0.1) is 6.10 Å². The van der Waals surface area contributed by atoms with E-state index in [-0.39, 0.29) is 16.9 Å². The third kappa shape index (κ3) is 6.19. The van der Waals surface area contributed by atoms with E-state index >= 15 is 0 Å². The highest BCUT2D eigenvalue weighted by atomic mass is 16.4. The maximum Gasteiger partial charge on any atom is 0.325 e. The number of rotatable bonds is 10. The Hall–Kier alpha value is -2.95. The second-order valence-corrected chi connectivity index (χ2v) is 11.8. The lowest BCUT2D eigenvalue weighted by Crippen LogP contribution is -2.27. The summed E-state index contributed by atoms with van der Waals surface area (Å²) >= 11 is 0. The molecule has 0 aliphatic rings. The van der Waals surface area contributed by atoms with Gasteiger partial charge in [-0.1, -0.05) is 95.3 Å². The number of aliphatic hydroxyl groups excluding tert-OH is 1. The summed E-state index contributed by atoms with van der Waals surface area (Å²) in [6.07, 6.45) is 3.30. The molecule has 0 spiro atoms. The molecular weight excluding hydrogens is 470 g/mol. The van der Waals surface area contributed by atoms with E-state index in [1.807, 2.05) is 12.1 Å². The Morgan fingerprint density at radius 1 is 0.868 bits per heavy atom.